The van der Waals surface area contributed by atoms with Gasteiger partial charge >= 0.3 is 5.97 Å². The molecule has 0 unspecified atom stereocenters. The van der Waals surface area contributed by atoms with Gasteiger partial charge < -0.3 is 9.84 Å². The molecule has 136 valence electrons. The first-order valence-corrected chi connectivity index (χ1v) is 8.62. The van der Waals surface area contributed by atoms with Crippen LogP contribution in [0.25, 0.3) is 0 Å². The summed E-state index contributed by atoms with van der Waals surface area (Å²) in [5, 5.41) is 9.90. The molecule has 0 heterocycles. The first-order chi connectivity index (χ1) is 13.0. The number of ether oxygens (including phenoxy) is 1. The molecule has 1 atom stereocenters. The van der Waals surface area contributed by atoms with E-state index in [1.807, 2.05) is 38.1 Å². The van der Waals surface area contributed by atoms with Gasteiger partial charge in [-0.05, 0) is 26.0 Å². The molecule has 0 fully saturated rings. The summed E-state index contributed by atoms with van der Waals surface area (Å²) in [6.45, 7) is 3.87. The number of hydrogen-bond acceptors (Lipinski definition) is 4. The van der Waals surface area contributed by atoms with Crippen LogP contribution in [0.3, 0.4) is 0 Å². The average molecular weight is 360 g/mol. The van der Waals surface area contributed by atoms with E-state index >= 15 is 0 Å². The number of carbonyl (C=O) groups excluding carboxylic acids is 2. The lowest BCUT2D eigenvalue weighted by atomic mass is 9.98. The second-order valence-corrected chi connectivity index (χ2v) is 6.44. The third kappa shape index (κ3) is 4.23. The number of ketones is 1. The summed E-state index contributed by atoms with van der Waals surface area (Å²) in [6.07, 6.45) is -1.10. The molecule has 3 aromatic rings. The van der Waals surface area contributed by atoms with Gasteiger partial charge in [0.2, 0.25) is 5.78 Å². The van der Waals surface area contributed by atoms with Crippen LogP contribution >= 0.6 is 0 Å². The fraction of sp³-hybridized carbons (Fsp3) is 0.130. The van der Waals surface area contributed by atoms with Gasteiger partial charge in [0, 0.05) is 11.1 Å². The highest BCUT2D eigenvalue weighted by Crippen LogP contribution is 2.26. The van der Waals surface area contributed by atoms with Crippen molar-refractivity contribution in [1.82, 2.24) is 0 Å². The van der Waals surface area contributed by atoms with E-state index in [0.717, 1.165) is 11.1 Å². The third-order valence-electron chi connectivity index (χ3n) is 4.30. The number of aromatic hydroxyl groups is 1. The first kappa shape index (κ1) is 18.4. The third-order valence-corrected chi connectivity index (χ3v) is 4.30. The smallest absolute Gasteiger partial charge is 0.342 e. The van der Waals surface area contributed by atoms with Crippen LogP contribution < -0.4 is 0 Å². The topological polar surface area (TPSA) is 63.6 Å². The second-order valence-electron chi connectivity index (χ2n) is 6.44. The molecular formula is C23H20O4. The quantitative estimate of drug-likeness (QED) is 0.525. The predicted octanol–water partition coefficient (Wildman–Crippen LogP) is 4.79. The van der Waals surface area contributed by atoms with Crippen LogP contribution in [-0.2, 0) is 4.74 Å². The molecule has 3 rings (SSSR count). The molecule has 4 heteroatoms. The van der Waals surface area contributed by atoms with Crippen molar-refractivity contribution >= 4 is 11.8 Å². The molecule has 0 amide bonds. The highest BCUT2D eigenvalue weighted by atomic mass is 16.5. The maximum Gasteiger partial charge on any atom is 0.342 e. The standard InChI is InChI=1S/C23H20O4/c1-15-7-11-17(12-8-15)21(25)22(18-13-9-16(2)10-14-18)27-23(26)19-5-3-4-6-20(19)24/h3-14,22,24H,1-2H3/t22-/m1/s1. The average Bonchev–Trinajstić information content (AvgIpc) is 2.67. The Morgan fingerprint density at radius 2 is 1.37 bits per heavy atom. The van der Waals surface area contributed by atoms with Crippen molar-refractivity contribution in [2.24, 2.45) is 0 Å². The van der Waals surface area contributed by atoms with Crippen LogP contribution in [0.15, 0.2) is 72.8 Å². The summed E-state index contributed by atoms with van der Waals surface area (Å²) in [7, 11) is 0. The summed E-state index contributed by atoms with van der Waals surface area (Å²) < 4.78 is 5.54. The molecule has 4 nitrogen and oxygen atoms in total. The van der Waals surface area contributed by atoms with E-state index in [1.165, 1.54) is 12.1 Å². The number of rotatable bonds is 5. The van der Waals surface area contributed by atoms with Gasteiger partial charge in [0.15, 0.2) is 6.10 Å². The molecule has 0 spiro atoms. The minimum Gasteiger partial charge on any atom is -0.507 e. The highest BCUT2D eigenvalue weighted by molar-refractivity contribution is 6.02. The van der Waals surface area contributed by atoms with Crippen molar-refractivity contribution in [1.29, 1.82) is 0 Å². The molecule has 0 saturated heterocycles. The number of benzene rings is 3. The number of esters is 1. The molecule has 0 aliphatic heterocycles. The van der Waals surface area contributed by atoms with Crippen LogP contribution in [0, 0.1) is 13.8 Å². The van der Waals surface area contributed by atoms with Gasteiger partial charge in [0.05, 0.1) is 0 Å². The number of aryl methyl sites for hydroxylation is 2. The summed E-state index contributed by atoms with van der Waals surface area (Å²) in [6, 6.07) is 20.5. The Bertz CT molecular complexity index is 956. The minimum atomic E-state index is -1.10. The summed E-state index contributed by atoms with van der Waals surface area (Å²) >= 11 is 0. The lowest BCUT2D eigenvalue weighted by Gasteiger charge is -2.18. The second kappa shape index (κ2) is 7.87. The van der Waals surface area contributed by atoms with Gasteiger partial charge in [-0.2, -0.15) is 0 Å². The van der Waals surface area contributed by atoms with Crippen molar-refractivity contribution < 1.29 is 19.4 Å². The Balaban J connectivity index is 1.96. The number of phenolic OH excluding ortho intramolecular Hbond substituents is 1. The lowest BCUT2D eigenvalue weighted by Crippen LogP contribution is -2.20. The molecule has 0 aliphatic carbocycles. The number of carbonyl (C=O) groups is 2. The van der Waals surface area contributed by atoms with Crippen LogP contribution in [0.4, 0.5) is 0 Å². The van der Waals surface area contributed by atoms with E-state index in [-0.39, 0.29) is 17.1 Å². The molecule has 1 N–H and O–H groups in total. The number of Topliss-reactive ketones (excluding diaryl/α,β-unsaturated/α-hetero) is 1. The van der Waals surface area contributed by atoms with Crippen molar-refractivity contribution in [3.8, 4) is 5.75 Å². The first-order valence-electron chi connectivity index (χ1n) is 8.62. The van der Waals surface area contributed by atoms with Gasteiger partial charge in [-0.25, -0.2) is 4.79 Å². The molecule has 0 bridgehead atoms. The summed E-state index contributed by atoms with van der Waals surface area (Å²) in [5.41, 5.74) is 3.12. The van der Waals surface area contributed by atoms with Gasteiger partial charge in [-0.15, -0.1) is 0 Å². The van der Waals surface area contributed by atoms with Crippen LogP contribution in [0.5, 0.6) is 5.75 Å². The largest absolute Gasteiger partial charge is 0.507 e. The van der Waals surface area contributed by atoms with Crippen molar-refractivity contribution in [3.63, 3.8) is 0 Å². The van der Waals surface area contributed by atoms with Gasteiger partial charge in [0.1, 0.15) is 11.3 Å². The molecule has 0 aromatic heterocycles. The zero-order valence-electron chi connectivity index (χ0n) is 15.2. The van der Waals surface area contributed by atoms with E-state index in [0.29, 0.717) is 11.1 Å². The maximum absolute atomic E-state index is 13.1. The Labute approximate surface area is 158 Å². The van der Waals surface area contributed by atoms with Crippen LogP contribution in [0.1, 0.15) is 43.5 Å². The predicted molar refractivity (Wildman–Crippen MR) is 103 cm³/mol. The van der Waals surface area contributed by atoms with E-state index < -0.39 is 12.1 Å². The molecular weight excluding hydrogens is 340 g/mol. The fourth-order valence-corrected chi connectivity index (χ4v) is 2.70. The Morgan fingerprint density at radius 1 is 0.815 bits per heavy atom. The zero-order chi connectivity index (χ0) is 19.4. The van der Waals surface area contributed by atoms with Crippen molar-refractivity contribution in [2.45, 2.75) is 20.0 Å². The molecule has 0 radical (unpaired) electrons. The van der Waals surface area contributed by atoms with Crippen LogP contribution in [-0.4, -0.2) is 16.9 Å². The lowest BCUT2D eigenvalue weighted by molar-refractivity contribution is 0.0277. The molecule has 0 saturated carbocycles. The normalized spacial score (nSPS) is 11.6. The molecule has 0 aliphatic rings. The number of hydrogen-bond donors (Lipinski definition) is 1. The van der Waals surface area contributed by atoms with E-state index in [9.17, 15) is 14.7 Å². The Hall–Kier alpha value is -3.40. The number of phenols is 1. The Kier molecular flexibility index (Phi) is 5.36. The van der Waals surface area contributed by atoms with E-state index in [4.69, 9.17) is 4.74 Å². The van der Waals surface area contributed by atoms with E-state index in [2.05, 4.69) is 0 Å². The fourth-order valence-electron chi connectivity index (χ4n) is 2.70. The minimum absolute atomic E-state index is 0.0197. The van der Waals surface area contributed by atoms with Gasteiger partial charge in [0.25, 0.3) is 0 Å². The van der Waals surface area contributed by atoms with Crippen molar-refractivity contribution in [3.05, 3.63) is 101 Å². The maximum atomic E-state index is 13.1. The highest BCUT2D eigenvalue weighted by Gasteiger charge is 2.27. The zero-order valence-corrected chi connectivity index (χ0v) is 15.2. The summed E-state index contributed by atoms with van der Waals surface area (Å²) in [5.74, 6) is -1.25. The van der Waals surface area contributed by atoms with Crippen LogP contribution in [0.2, 0.25) is 0 Å². The van der Waals surface area contributed by atoms with E-state index in [1.54, 1.807) is 36.4 Å². The van der Waals surface area contributed by atoms with Gasteiger partial charge in [-0.3, -0.25) is 4.79 Å². The molecule has 3 aromatic carbocycles. The molecule has 27 heavy (non-hydrogen) atoms. The SMILES string of the molecule is Cc1ccc(C(=O)[C@H](OC(=O)c2ccccc2O)c2ccc(C)cc2)cc1. The number of para-hydroxylation sites is 1. The Morgan fingerprint density at radius 3 is 1.96 bits per heavy atom. The van der Waals surface area contributed by atoms with Crippen molar-refractivity contribution in [2.75, 3.05) is 0 Å². The van der Waals surface area contributed by atoms with Gasteiger partial charge in [-0.1, -0.05) is 71.8 Å². The monoisotopic (exact) mass is 360 g/mol. The summed E-state index contributed by atoms with van der Waals surface area (Å²) in [4.78, 5) is 25.6.